The number of hydrogen-bond donors (Lipinski definition) is 0. The van der Waals surface area contributed by atoms with E-state index in [0.29, 0.717) is 12.6 Å². The van der Waals surface area contributed by atoms with Gasteiger partial charge in [-0.3, -0.25) is 14.6 Å². The van der Waals surface area contributed by atoms with Crippen molar-refractivity contribution in [3.05, 3.63) is 0 Å². The van der Waals surface area contributed by atoms with Crippen molar-refractivity contribution >= 4 is 5.97 Å². The number of methoxy groups -OCH3 is 1. The Bertz CT molecular complexity index is 514. The van der Waals surface area contributed by atoms with E-state index in [1.807, 2.05) is 0 Å². The first-order valence-corrected chi connectivity index (χ1v) is 16.3. The molecular weight excluding hydrogens is 456 g/mol. The lowest BCUT2D eigenvalue weighted by molar-refractivity contribution is -0.140. The van der Waals surface area contributed by atoms with Crippen LogP contribution in [0.4, 0.5) is 0 Å². The normalized spacial score (nSPS) is 17.3. The molecule has 0 aromatic rings. The molecule has 4 nitrogen and oxygen atoms in total. The van der Waals surface area contributed by atoms with E-state index in [2.05, 4.69) is 38.0 Å². The molecule has 1 aliphatic carbocycles. The van der Waals surface area contributed by atoms with Crippen LogP contribution in [0, 0.1) is 11.8 Å². The summed E-state index contributed by atoms with van der Waals surface area (Å²) in [7, 11) is 10.3. The number of nitrogens with zero attached hydrogens (tertiary/aromatic N) is 2. The van der Waals surface area contributed by atoms with Crippen LogP contribution in [0.3, 0.4) is 0 Å². The van der Waals surface area contributed by atoms with Gasteiger partial charge in [-0.15, -0.1) is 0 Å². The Morgan fingerprint density at radius 1 is 0.595 bits per heavy atom. The van der Waals surface area contributed by atoms with Gasteiger partial charge in [0.2, 0.25) is 0 Å². The van der Waals surface area contributed by atoms with Gasteiger partial charge in [0.15, 0.2) is 0 Å². The van der Waals surface area contributed by atoms with Crippen LogP contribution >= 0.6 is 0 Å². The first kappa shape index (κ1) is 34.4. The number of hydrogen-bond acceptors (Lipinski definition) is 4. The minimum atomic E-state index is -0.0574. The molecule has 220 valence electrons. The molecule has 4 heteroatoms. The average Bonchev–Trinajstić information content (AvgIpc) is 3.62. The topological polar surface area (TPSA) is 32.8 Å². The number of esters is 1. The van der Waals surface area contributed by atoms with E-state index < -0.39 is 0 Å². The summed E-state index contributed by atoms with van der Waals surface area (Å²) >= 11 is 0. The molecule has 37 heavy (non-hydrogen) atoms. The third kappa shape index (κ3) is 20.0. The average molecular weight is 523 g/mol. The largest absolute Gasteiger partial charge is 0.469 e. The molecule has 2 atom stereocenters. The number of ether oxygens (including phenoxy) is 1. The van der Waals surface area contributed by atoms with Gasteiger partial charge < -0.3 is 4.74 Å². The lowest BCUT2D eigenvalue weighted by Gasteiger charge is -2.30. The molecule has 0 aromatic carbocycles. The zero-order chi connectivity index (χ0) is 27.1. The van der Waals surface area contributed by atoms with Gasteiger partial charge in [-0.05, 0) is 59.3 Å². The van der Waals surface area contributed by atoms with Gasteiger partial charge in [0.25, 0.3) is 0 Å². The van der Waals surface area contributed by atoms with Crippen LogP contribution in [0.2, 0.25) is 0 Å². The Morgan fingerprint density at radius 3 is 1.32 bits per heavy atom. The molecule has 0 spiro atoms. The second-order valence-electron chi connectivity index (χ2n) is 12.6. The monoisotopic (exact) mass is 523 g/mol. The Hall–Kier alpha value is -0.610. The highest BCUT2D eigenvalue weighted by Crippen LogP contribution is 2.45. The number of carbonyl (C=O) groups excluding carboxylic acids is 1. The Morgan fingerprint density at radius 2 is 0.946 bits per heavy atom. The van der Waals surface area contributed by atoms with Crippen LogP contribution in [0.5, 0.6) is 0 Å². The fourth-order valence-electron chi connectivity index (χ4n) is 6.16. The van der Waals surface area contributed by atoms with Crippen molar-refractivity contribution in [1.29, 1.82) is 0 Å². The first-order valence-electron chi connectivity index (χ1n) is 16.3. The lowest BCUT2D eigenvalue weighted by Crippen LogP contribution is -2.40. The van der Waals surface area contributed by atoms with Gasteiger partial charge in [0.05, 0.1) is 13.3 Å². The van der Waals surface area contributed by atoms with Crippen molar-refractivity contribution in [3.63, 3.8) is 0 Å². The minimum absolute atomic E-state index is 0.0574. The van der Waals surface area contributed by atoms with E-state index in [-0.39, 0.29) is 5.97 Å². The highest BCUT2D eigenvalue weighted by Gasteiger charge is 2.34. The van der Waals surface area contributed by atoms with Crippen LogP contribution < -0.4 is 0 Å². The summed E-state index contributed by atoms with van der Waals surface area (Å²) in [5.41, 5.74) is 0. The third-order valence-electron chi connectivity index (χ3n) is 8.73. The standard InChI is InChI=1S/C33H66N2O2/c1-34(2)32(35(3)4)27-23-19-15-13-11-9-7-6-8-10-12-14-17-21-25-30-29-31(30)26-22-18-16-20-24-28-33(36)37-5/h30-32H,6-29H2,1-5H3. The fraction of sp³-hybridized carbons (Fsp3) is 0.970. The molecule has 2 unspecified atom stereocenters. The van der Waals surface area contributed by atoms with Crippen molar-refractivity contribution in [2.45, 2.75) is 160 Å². The molecule has 0 radical (unpaired) electrons. The molecule has 0 aliphatic heterocycles. The van der Waals surface area contributed by atoms with Crippen LogP contribution in [0.25, 0.3) is 0 Å². The van der Waals surface area contributed by atoms with Crippen molar-refractivity contribution < 1.29 is 9.53 Å². The van der Waals surface area contributed by atoms with Gasteiger partial charge in [-0.2, -0.15) is 0 Å². The quantitative estimate of drug-likeness (QED) is 0.0611. The summed E-state index contributed by atoms with van der Waals surface area (Å²) in [6.07, 6.45) is 33.4. The maximum absolute atomic E-state index is 11.1. The summed E-state index contributed by atoms with van der Waals surface area (Å²) in [4.78, 5) is 15.8. The molecule has 0 heterocycles. The van der Waals surface area contributed by atoms with E-state index in [9.17, 15) is 4.79 Å². The van der Waals surface area contributed by atoms with Crippen molar-refractivity contribution in [3.8, 4) is 0 Å². The number of carbonyl (C=O) groups is 1. The van der Waals surface area contributed by atoms with Crippen molar-refractivity contribution in [1.82, 2.24) is 9.80 Å². The molecule has 1 rings (SSSR count). The van der Waals surface area contributed by atoms with Crippen molar-refractivity contribution in [2.24, 2.45) is 11.8 Å². The summed E-state index contributed by atoms with van der Waals surface area (Å²) < 4.78 is 4.69. The molecule has 0 amide bonds. The maximum atomic E-state index is 11.1. The highest BCUT2D eigenvalue weighted by molar-refractivity contribution is 5.68. The SMILES string of the molecule is COC(=O)CCCCCCCC1CC1CCCCCCCCCCCCCCCCC(N(C)C)N(C)C. The Balaban J connectivity index is 1.73. The second-order valence-corrected chi connectivity index (χ2v) is 12.6. The summed E-state index contributed by atoms with van der Waals surface area (Å²) in [5, 5.41) is 0. The van der Waals surface area contributed by atoms with Gasteiger partial charge in [0.1, 0.15) is 0 Å². The third-order valence-corrected chi connectivity index (χ3v) is 8.73. The van der Waals surface area contributed by atoms with Crippen LogP contribution in [-0.4, -0.2) is 57.2 Å². The number of unbranched alkanes of at least 4 members (excludes halogenated alkanes) is 17. The number of rotatable bonds is 27. The predicted octanol–water partition coefficient (Wildman–Crippen LogP) is 9.22. The Kier molecular flexibility index (Phi) is 21.7. The van der Waals surface area contributed by atoms with Gasteiger partial charge >= 0.3 is 5.97 Å². The van der Waals surface area contributed by atoms with Crippen LogP contribution in [-0.2, 0) is 9.53 Å². The van der Waals surface area contributed by atoms with Crippen molar-refractivity contribution in [2.75, 3.05) is 35.3 Å². The van der Waals surface area contributed by atoms with Crippen LogP contribution in [0.1, 0.15) is 154 Å². The van der Waals surface area contributed by atoms with E-state index >= 15 is 0 Å². The van der Waals surface area contributed by atoms with E-state index in [1.54, 1.807) is 0 Å². The first-order chi connectivity index (χ1) is 18.0. The molecule has 1 fully saturated rings. The summed E-state index contributed by atoms with van der Waals surface area (Å²) in [6.45, 7) is 0. The molecule has 1 saturated carbocycles. The predicted molar refractivity (Wildman–Crippen MR) is 161 cm³/mol. The summed E-state index contributed by atoms with van der Waals surface area (Å²) in [5.74, 6) is 2.05. The van der Waals surface area contributed by atoms with Crippen LogP contribution in [0.15, 0.2) is 0 Å². The lowest BCUT2D eigenvalue weighted by atomic mass is 10.0. The second kappa shape index (κ2) is 23.3. The smallest absolute Gasteiger partial charge is 0.305 e. The molecule has 0 saturated heterocycles. The minimum Gasteiger partial charge on any atom is -0.469 e. The van der Waals surface area contributed by atoms with Gasteiger partial charge in [-0.25, -0.2) is 0 Å². The molecule has 0 bridgehead atoms. The molecule has 0 aromatic heterocycles. The van der Waals surface area contributed by atoms with Gasteiger partial charge in [-0.1, -0.05) is 128 Å². The highest BCUT2D eigenvalue weighted by atomic mass is 16.5. The molecular formula is C33H66N2O2. The fourth-order valence-corrected chi connectivity index (χ4v) is 6.16. The molecule has 1 aliphatic rings. The van der Waals surface area contributed by atoms with Gasteiger partial charge in [0, 0.05) is 6.42 Å². The zero-order valence-corrected chi connectivity index (χ0v) is 25.9. The zero-order valence-electron chi connectivity index (χ0n) is 25.9. The molecule has 0 N–H and O–H groups in total. The summed E-state index contributed by atoms with van der Waals surface area (Å²) in [6, 6.07) is 0. The maximum Gasteiger partial charge on any atom is 0.305 e. The van der Waals surface area contributed by atoms with E-state index in [4.69, 9.17) is 4.74 Å². The van der Waals surface area contributed by atoms with E-state index in [0.717, 1.165) is 18.3 Å². The van der Waals surface area contributed by atoms with E-state index in [1.165, 1.54) is 148 Å². The Labute approximate surface area is 232 Å².